The third kappa shape index (κ3) is 1.80. The first-order valence-corrected chi connectivity index (χ1v) is 5.12. The van der Waals surface area contributed by atoms with Crippen LogP contribution < -0.4 is 5.43 Å². The standard InChI is InChI=1S/C13H14O2/c1-8(2)10-4-5-11-12(14)6-9(3)15-13(11)7-10/h4-8H,1-3H3. The highest BCUT2D eigenvalue weighted by molar-refractivity contribution is 5.77. The molecule has 0 unspecified atom stereocenters. The predicted molar refractivity (Wildman–Crippen MR) is 61.3 cm³/mol. The summed E-state index contributed by atoms with van der Waals surface area (Å²) in [5, 5.41) is 0.657. The van der Waals surface area contributed by atoms with Crippen LogP contribution in [0.15, 0.2) is 33.5 Å². The molecule has 0 N–H and O–H groups in total. The van der Waals surface area contributed by atoms with Crippen molar-refractivity contribution in [3.05, 3.63) is 45.8 Å². The zero-order valence-corrected chi connectivity index (χ0v) is 9.20. The van der Waals surface area contributed by atoms with E-state index in [2.05, 4.69) is 13.8 Å². The van der Waals surface area contributed by atoms with E-state index in [-0.39, 0.29) is 5.43 Å². The number of rotatable bonds is 1. The molecular formula is C13H14O2. The summed E-state index contributed by atoms with van der Waals surface area (Å²) in [5.74, 6) is 1.11. The maximum Gasteiger partial charge on any atom is 0.192 e. The Balaban J connectivity index is 2.77. The van der Waals surface area contributed by atoms with E-state index >= 15 is 0 Å². The van der Waals surface area contributed by atoms with Crippen LogP contribution in [0.5, 0.6) is 0 Å². The largest absolute Gasteiger partial charge is 0.461 e. The molecule has 0 saturated heterocycles. The van der Waals surface area contributed by atoms with Gasteiger partial charge in [-0.3, -0.25) is 4.79 Å². The van der Waals surface area contributed by atoms with Crippen LogP contribution in [0.3, 0.4) is 0 Å². The number of benzene rings is 1. The molecule has 1 aromatic carbocycles. The summed E-state index contributed by atoms with van der Waals surface area (Å²) in [4.78, 5) is 11.6. The van der Waals surface area contributed by atoms with E-state index in [4.69, 9.17) is 4.42 Å². The Bertz CT molecular complexity index is 550. The SMILES string of the molecule is Cc1cc(=O)c2ccc(C(C)C)cc2o1. The summed E-state index contributed by atoms with van der Waals surface area (Å²) < 4.78 is 5.53. The molecular weight excluding hydrogens is 188 g/mol. The van der Waals surface area contributed by atoms with Gasteiger partial charge in [-0.05, 0) is 30.5 Å². The molecule has 0 spiro atoms. The number of hydrogen-bond acceptors (Lipinski definition) is 2. The van der Waals surface area contributed by atoms with E-state index in [1.54, 1.807) is 6.92 Å². The highest BCUT2D eigenvalue weighted by Crippen LogP contribution is 2.19. The van der Waals surface area contributed by atoms with Gasteiger partial charge in [-0.25, -0.2) is 0 Å². The molecule has 15 heavy (non-hydrogen) atoms. The zero-order chi connectivity index (χ0) is 11.0. The molecule has 2 heteroatoms. The topological polar surface area (TPSA) is 30.2 Å². The Morgan fingerprint density at radius 3 is 2.60 bits per heavy atom. The molecule has 78 valence electrons. The summed E-state index contributed by atoms with van der Waals surface area (Å²) in [6.07, 6.45) is 0. The van der Waals surface area contributed by atoms with Gasteiger partial charge in [-0.2, -0.15) is 0 Å². The fourth-order valence-electron chi connectivity index (χ4n) is 1.65. The van der Waals surface area contributed by atoms with Gasteiger partial charge in [0, 0.05) is 6.07 Å². The minimum atomic E-state index is 0.0315. The van der Waals surface area contributed by atoms with Crippen LogP contribution in [-0.4, -0.2) is 0 Å². The van der Waals surface area contributed by atoms with Crippen molar-refractivity contribution in [1.29, 1.82) is 0 Å². The monoisotopic (exact) mass is 202 g/mol. The van der Waals surface area contributed by atoms with E-state index in [0.29, 0.717) is 22.6 Å². The second kappa shape index (κ2) is 3.54. The van der Waals surface area contributed by atoms with Crippen molar-refractivity contribution < 1.29 is 4.42 Å². The van der Waals surface area contributed by atoms with Crippen molar-refractivity contribution in [2.45, 2.75) is 26.7 Å². The van der Waals surface area contributed by atoms with E-state index in [1.807, 2.05) is 18.2 Å². The molecule has 0 amide bonds. The average Bonchev–Trinajstić information content (AvgIpc) is 2.16. The van der Waals surface area contributed by atoms with Gasteiger partial charge in [0.05, 0.1) is 5.39 Å². The van der Waals surface area contributed by atoms with Gasteiger partial charge in [0.25, 0.3) is 0 Å². The second-order valence-electron chi connectivity index (χ2n) is 4.13. The normalized spacial score (nSPS) is 11.2. The lowest BCUT2D eigenvalue weighted by atomic mass is 10.0. The summed E-state index contributed by atoms with van der Waals surface area (Å²) in [6.45, 7) is 6.03. The maximum absolute atomic E-state index is 11.6. The number of fused-ring (bicyclic) bond motifs is 1. The van der Waals surface area contributed by atoms with Gasteiger partial charge < -0.3 is 4.42 Å². The van der Waals surface area contributed by atoms with E-state index in [9.17, 15) is 4.79 Å². The molecule has 2 aromatic rings. The Kier molecular flexibility index (Phi) is 2.35. The van der Waals surface area contributed by atoms with Gasteiger partial charge in [0.2, 0.25) is 0 Å². The number of aryl methyl sites for hydroxylation is 1. The number of hydrogen-bond donors (Lipinski definition) is 0. The minimum Gasteiger partial charge on any atom is -0.461 e. The molecule has 0 fully saturated rings. The summed E-state index contributed by atoms with van der Waals surface area (Å²) in [6, 6.07) is 7.31. The second-order valence-corrected chi connectivity index (χ2v) is 4.13. The molecule has 1 heterocycles. The van der Waals surface area contributed by atoms with Gasteiger partial charge in [0.15, 0.2) is 5.43 Å². The molecule has 0 saturated carbocycles. The van der Waals surface area contributed by atoms with E-state index in [1.165, 1.54) is 11.6 Å². The van der Waals surface area contributed by atoms with Crippen molar-refractivity contribution in [2.75, 3.05) is 0 Å². The van der Waals surface area contributed by atoms with Gasteiger partial charge in [-0.1, -0.05) is 19.9 Å². The minimum absolute atomic E-state index is 0.0315. The summed E-state index contributed by atoms with van der Waals surface area (Å²) in [5.41, 5.74) is 1.91. The Morgan fingerprint density at radius 1 is 1.20 bits per heavy atom. The predicted octanol–water partition coefficient (Wildman–Crippen LogP) is 3.22. The van der Waals surface area contributed by atoms with Crippen LogP contribution in [0.2, 0.25) is 0 Å². The van der Waals surface area contributed by atoms with E-state index < -0.39 is 0 Å². The molecule has 0 radical (unpaired) electrons. The third-order valence-corrected chi connectivity index (χ3v) is 2.54. The van der Waals surface area contributed by atoms with Gasteiger partial charge >= 0.3 is 0 Å². The molecule has 0 aliphatic heterocycles. The first-order chi connectivity index (χ1) is 7.08. The zero-order valence-electron chi connectivity index (χ0n) is 9.20. The van der Waals surface area contributed by atoms with Crippen molar-refractivity contribution >= 4 is 11.0 Å². The van der Waals surface area contributed by atoms with Crippen LogP contribution in [0.1, 0.15) is 31.1 Å². The highest BCUT2D eigenvalue weighted by Gasteiger charge is 2.05. The van der Waals surface area contributed by atoms with Crippen LogP contribution >= 0.6 is 0 Å². The van der Waals surface area contributed by atoms with E-state index in [0.717, 1.165) is 0 Å². The Morgan fingerprint density at radius 2 is 1.93 bits per heavy atom. The lowest BCUT2D eigenvalue weighted by Gasteiger charge is -2.06. The van der Waals surface area contributed by atoms with Gasteiger partial charge in [0.1, 0.15) is 11.3 Å². The fraction of sp³-hybridized carbons (Fsp3) is 0.308. The third-order valence-electron chi connectivity index (χ3n) is 2.54. The first kappa shape index (κ1) is 9.97. The van der Waals surface area contributed by atoms with Crippen molar-refractivity contribution in [2.24, 2.45) is 0 Å². The van der Waals surface area contributed by atoms with Crippen LogP contribution in [0, 0.1) is 6.92 Å². The molecule has 0 atom stereocenters. The van der Waals surface area contributed by atoms with Crippen LogP contribution in [-0.2, 0) is 0 Å². The summed E-state index contributed by atoms with van der Waals surface area (Å²) >= 11 is 0. The van der Waals surface area contributed by atoms with Crippen LogP contribution in [0.25, 0.3) is 11.0 Å². The lowest BCUT2D eigenvalue weighted by Crippen LogP contribution is -2.00. The molecule has 0 bridgehead atoms. The summed E-state index contributed by atoms with van der Waals surface area (Å²) in [7, 11) is 0. The molecule has 0 aliphatic rings. The van der Waals surface area contributed by atoms with Gasteiger partial charge in [-0.15, -0.1) is 0 Å². The Hall–Kier alpha value is -1.57. The smallest absolute Gasteiger partial charge is 0.192 e. The average molecular weight is 202 g/mol. The fourth-order valence-corrected chi connectivity index (χ4v) is 1.65. The first-order valence-electron chi connectivity index (χ1n) is 5.12. The quantitative estimate of drug-likeness (QED) is 0.710. The molecule has 1 aromatic heterocycles. The Labute approximate surface area is 88.5 Å². The highest BCUT2D eigenvalue weighted by atomic mass is 16.3. The molecule has 2 nitrogen and oxygen atoms in total. The van der Waals surface area contributed by atoms with Crippen molar-refractivity contribution in [3.63, 3.8) is 0 Å². The molecule has 0 aliphatic carbocycles. The maximum atomic E-state index is 11.6. The van der Waals surface area contributed by atoms with Crippen LogP contribution in [0.4, 0.5) is 0 Å². The molecule has 2 rings (SSSR count). The van der Waals surface area contributed by atoms with Crippen molar-refractivity contribution in [1.82, 2.24) is 0 Å². The lowest BCUT2D eigenvalue weighted by molar-refractivity contribution is 0.564. The van der Waals surface area contributed by atoms with Crippen molar-refractivity contribution in [3.8, 4) is 0 Å².